The maximum atomic E-state index is 10.1. The molecule has 0 fully saturated rings. The molecule has 4 nitrogen and oxygen atoms in total. The van der Waals surface area contributed by atoms with Crippen molar-refractivity contribution < 1.29 is 9.90 Å². The molecule has 2 N–H and O–H groups in total. The fourth-order valence-corrected chi connectivity index (χ4v) is 0.443. The number of nitrogens with one attached hydrogen (secondary N) is 1. The van der Waals surface area contributed by atoms with Crippen LogP contribution in [0.25, 0.3) is 0 Å². The second kappa shape index (κ2) is 3.29. The molecule has 0 aliphatic rings. The average molecular weight is 132 g/mol. The second-order valence-corrected chi connectivity index (χ2v) is 2.13. The van der Waals surface area contributed by atoms with Crippen LogP contribution in [0.2, 0.25) is 0 Å². The molecule has 1 amide bonds. The summed E-state index contributed by atoms with van der Waals surface area (Å²) in [6.45, 7) is 3.75. The smallest absolute Gasteiger partial charge is 0.421 e. The van der Waals surface area contributed by atoms with E-state index >= 15 is 0 Å². The Hall–Kier alpha value is -0.770. The Balaban J connectivity index is 3.50. The number of hydrazine groups is 1. The number of carboxylic acid groups (broad SMARTS) is 1. The van der Waals surface area contributed by atoms with Crippen molar-refractivity contribution in [2.24, 2.45) is 0 Å². The van der Waals surface area contributed by atoms with Crippen LogP contribution >= 0.6 is 0 Å². The van der Waals surface area contributed by atoms with Gasteiger partial charge in [0.15, 0.2) is 0 Å². The lowest BCUT2D eigenvalue weighted by Crippen LogP contribution is -2.42. The van der Waals surface area contributed by atoms with Crippen molar-refractivity contribution >= 4 is 6.09 Å². The van der Waals surface area contributed by atoms with Gasteiger partial charge in [-0.2, -0.15) is 0 Å². The van der Waals surface area contributed by atoms with Crippen LogP contribution in [0.1, 0.15) is 13.8 Å². The minimum atomic E-state index is -0.969. The highest BCUT2D eigenvalue weighted by atomic mass is 16.4. The third kappa shape index (κ3) is 3.78. The van der Waals surface area contributed by atoms with E-state index in [4.69, 9.17) is 5.11 Å². The Labute approximate surface area is 54.4 Å². The second-order valence-electron chi connectivity index (χ2n) is 2.13. The molecule has 0 spiro atoms. The van der Waals surface area contributed by atoms with Gasteiger partial charge in [0.05, 0.1) is 0 Å². The molecule has 0 rings (SSSR count). The van der Waals surface area contributed by atoms with Crippen molar-refractivity contribution in [3.63, 3.8) is 0 Å². The zero-order valence-electron chi connectivity index (χ0n) is 5.88. The van der Waals surface area contributed by atoms with Crippen LogP contribution in [-0.4, -0.2) is 29.3 Å². The number of hydrogen-bond donors (Lipinski definition) is 2. The summed E-state index contributed by atoms with van der Waals surface area (Å²) in [4.78, 5) is 10.1. The van der Waals surface area contributed by atoms with E-state index in [1.54, 1.807) is 0 Å². The fourth-order valence-electron chi connectivity index (χ4n) is 0.443. The maximum Gasteiger partial charge on any atom is 0.421 e. The van der Waals surface area contributed by atoms with Gasteiger partial charge in [0.25, 0.3) is 0 Å². The van der Waals surface area contributed by atoms with Crippen LogP contribution in [0.3, 0.4) is 0 Å². The van der Waals surface area contributed by atoms with Gasteiger partial charge in [0.2, 0.25) is 0 Å². The van der Waals surface area contributed by atoms with E-state index in [0.717, 1.165) is 5.01 Å². The van der Waals surface area contributed by atoms with E-state index in [0.29, 0.717) is 0 Å². The Morgan fingerprint density at radius 2 is 2.11 bits per heavy atom. The lowest BCUT2D eigenvalue weighted by Gasteiger charge is -2.16. The molecule has 0 saturated heterocycles. The number of amides is 1. The number of carbonyl (C=O) groups is 1. The van der Waals surface area contributed by atoms with Gasteiger partial charge >= 0.3 is 6.09 Å². The summed E-state index contributed by atoms with van der Waals surface area (Å²) >= 11 is 0. The molecule has 0 radical (unpaired) electrons. The van der Waals surface area contributed by atoms with E-state index in [2.05, 4.69) is 5.43 Å². The van der Waals surface area contributed by atoms with E-state index < -0.39 is 6.09 Å². The molecule has 0 aromatic rings. The first-order valence-corrected chi connectivity index (χ1v) is 2.77. The Bertz CT molecular complexity index is 103. The number of rotatable bonds is 2. The summed E-state index contributed by atoms with van der Waals surface area (Å²) < 4.78 is 0. The molecule has 0 saturated carbocycles. The lowest BCUT2D eigenvalue weighted by molar-refractivity contribution is 0.129. The van der Waals surface area contributed by atoms with Crippen LogP contribution < -0.4 is 5.43 Å². The highest BCUT2D eigenvalue weighted by Crippen LogP contribution is 1.80. The third-order valence-corrected chi connectivity index (χ3v) is 0.739. The summed E-state index contributed by atoms with van der Waals surface area (Å²) in [6, 6.07) is 0.158. The van der Waals surface area contributed by atoms with Crippen LogP contribution in [0.5, 0.6) is 0 Å². The van der Waals surface area contributed by atoms with Gasteiger partial charge in [0.1, 0.15) is 0 Å². The molecule has 0 aromatic carbocycles. The first-order chi connectivity index (χ1) is 4.04. The van der Waals surface area contributed by atoms with Gasteiger partial charge < -0.3 is 5.11 Å². The monoisotopic (exact) mass is 132 g/mol. The van der Waals surface area contributed by atoms with E-state index in [9.17, 15) is 4.79 Å². The lowest BCUT2D eigenvalue weighted by atomic mass is 10.4. The van der Waals surface area contributed by atoms with Crippen molar-refractivity contribution in [3.05, 3.63) is 0 Å². The normalized spacial score (nSPS) is 9.78. The average Bonchev–Trinajstić information content (AvgIpc) is 1.63. The van der Waals surface area contributed by atoms with Gasteiger partial charge in [0, 0.05) is 13.1 Å². The van der Waals surface area contributed by atoms with Gasteiger partial charge in [-0.3, -0.25) is 0 Å². The molecule has 0 bridgehead atoms. The highest BCUT2D eigenvalue weighted by molar-refractivity contribution is 5.63. The molecule has 0 unspecified atom stereocenters. The van der Waals surface area contributed by atoms with E-state index in [1.165, 1.54) is 7.05 Å². The Kier molecular flexibility index (Phi) is 3.01. The van der Waals surface area contributed by atoms with Crippen LogP contribution in [0, 0.1) is 0 Å². The molecule has 4 heteroatoms. The van der Waals surface area contributed by atoms with Crippen LogP contribution in [-0.2, 0) is 0 Å². The maximum absolute atomic E-state index is 10.1. The minimum absolute atomic E-state index is 0.158. The zero-order valence-corrected chi connectivity index (χ0v) is 5.88. The number of hydrogen-bond acceptors (Lipinski definition) is 2. The van der Waals surface area contributed by atoms with Crippen LogP contribution in [0.4, 0.5) is 4.79 Å². The number of nitrogens with zero attached hydrogens (tertiary/aromatic N) is 1. The van der Waals surface area contributed by atoms with Gasteiger partial charge in [-0.15, -0.1) is 0 Å². The molecule has 54 valence electrons. The molecule has 9 heavy (non-hydrogen) atoms. The predicted octanol–water partition coefficient (Wildman–Crippen LogP) is 0.509. The Morgan fingerprint density at radius 1 is 1.67 bits per heavy atom. The molecule has 0 aliphatic carbocycles. The molecule has 0 atom stereocenters. The molecule has 0 aromatic heterocycles. The third-order valence-electron chi connectivity index (χ3n) is 0.739. The first kappa shape index (κ1) is 8.23. The van der Waals surface area contributed by atoms with Gasteiger partial charge in [-0.05, 0) is 13.8 Å². The van der Waals surface area contributed by atoms with Crippen molar-refractivity contribution in [2.75, 3.05) is 7.05 Å². The van der Waals surface area contributed by atoms with Crippen molar-refractivity contribution in [1.82, 2.24) is 10.4 Å². The first-order valence-electron chi connectivity index (χ1n) is 2.77. The Morgan fingerprint density at radius 3 is 2.22 bits per heavy atom. The van der Waals surface area contributed by atoms with Gasteiger partial charge in [-0.1, -0.05) is 0 Å². The summed E-state index contributed by atoms with van der Waals surface area (Å²) in [7, 11) is 1.46. The van der Waals surface area contributed by atoms with Gasteiger partial charge in [-0.25, -0.2) is 15.2 Å². The molecule has 0 aliphatic heterocycles. The largest absolute Gasteiger partial charge is 0.464 e. The van der Waals surface area contributed by atoms with Crippen molar-refractivity contribution in [2.45, 2.75) is 19.9 Å². The topological polar surface area (TPSA) is 52.6 Å². The minimum Gasteiger partial charge on any atom is -0.464 e. The van der Waals surface area contributed by atoms with E-state index in [1.807, 2.05) is 13.8 Å². The zero-order chi connectivity index (χ0) is 7.44. The van der Waals surface area contributed by atoms with Crippen molar-refractivity contribution in [3.8, 4) is 0 Å². The molecular weight excluding hydrogens is 120 g/mol. The summed E-state index contributed by atoms with van der Waals surface area (Å²) in [6.07, 6.45) is -0.969. The van der Waals surface area contributed by atoms with Crippen molar-refractivity contribution in [1.29, 1.82) is 0 Å². The highest BCUT2D eigenvalue weighted by Gasteiger charge is 2.04. The SMILES string of the molecule is CC(C)NN(C)C(=O)O. The summed E-state index contributed by atoms with van der Waals surface area (Å²) in [5, 5.41) is 9.33. The molecule has 0 heterocycles. The van der Waals surface area contributed by atoms with E-state index in [-0.39, 0.29) is 6.04 Å². The summed E-state index contributed by atoms with van der Waals surface area (Å²) in [5.74, 6) is 0. The van der Waals surface area contributed by atoms with Crippen LogP contribution in [0.15, 0.2) is 0 Å². The summed E-state index contributed by atoms with van der Waals surface area (Å²) in [5.41, 5.74) is 2.68. The quantitative estimate of drug-likeness (QED) is 0.538. The molecular formula is C5H12N2O2. The predicted molar refractivity (Wildman–Crippen MR) is 34.1 cm³/mol. The standard InChI is InChI=1S/C5H12N2O2/c1-4(2)6-7(3)5(8)9/h4,6H,1-3H3,(H,8,9). The fraction of sp³-hybridized carbons (Fsp3) is 0.800.